The predicted molar refractivity (Wildman–Crippen MR) is 121 cm³/mol. The lowest BCUT2D eigenvalue weighted by Gasteiger charge is -2.08. The first-order valence-electron chi connectivity index (χ1n) is 10.3. The maximum Gasteiger partial charge on any atom is 0.264 e. The Labute approximate surface area is 184 Å². The molecule has 1 aromatic heterocycles. The largest absolute Gasteiger partial charge is 0.484 e. The van der Waals surface area contributed by atoms with Crippen LogP contribution in [0.3, 0.4) is 0 Å². The summed E-state index contributed by atoms with van der Waals surface area (Å²) in [4.78, 5) is 24.1. The van der Waals surface area contributed by atoms with Crippen molar-refractivity contribution in [3.05, 3.63) is 54.1 Å². The molecule has 0 unspecified atom stereocenters. The van der Waals surface area contributed by atoms with Crippen LogP contribution >= 0.6 is 11.3 Å². The third-order valence-corrected chi connectivity index (χ3v) is 5.80. The summed E-state index contributed by atoms with van der Waals surface area (Å²) in [6, 6.07) is 15.2. The molecular weight excluding hydrogens is 412 g/mol. The molecule has 1 aliphatic carbocycles. The Bertz CT molecular complexity index is 1070. The summed E-state index contributed by atoms with van der Waals surface area (Å²) >= 11 is 1.31. The van der Waals surface area contributed by atoms with E-state index < -0.39 is 0 Å². The number of amides is 2. The maximum absolute atomic E-state index is 12.2. The average Bonchev–Trinajstić information content (AvgIpc) is 3.52. The average molecular weight is 437 g/mol. The number of carbonyl (C=O) groups excluding carboxylic acids is 2. The second kappa shape index (κ2) is 9.26. The van der Waals surface area contributed by atoms with E-state index in [1.807, 2.05) is 12.1 Å². The minimum atomic E-state index is -0.328. The molecule has 4 rings (SSSR count). The molecule has 0 bridgehead atoms. The summed E-state index contributed by atoms with van der Waals surface area (Å²) in [5, 5.41) is 14.9. The SMILES string of the molecule is CC(C)c1ccc(-c2nnc(NC(=O)COc3cccc(NC(=O)C4CC4)c3)s2)cc1. The first kappa shape index (κ1) is 21.0. The molecule has 0 radical (unpaired) electrons. The summed E-state index contributed by atoms with van der Waals surface area (Å²) in [5.41, 5.74) is 2.88. The van der Waals surface area contributed by atoms with E-state index in [-0.39, 0.29) is 24.3 Å². The first-order valence-corrected chi connectivity index (χ1v) is 11.1. The van der Waals surface area contributed by atoms with E-state index in [1.165, 1.54) is 16.9 Å². The van der Waals surface area contributed by atoms with Crippen LogP contribution in [0.1, 0.15) is 38.2 Å². The molecule has 0 aliphatic heterocycles. The molecule has 0 saturated heterocycles. The van der Waals surface area contributed by atoms with E-state index in [0.717, 1.165) is 23.4 Å². The Kier molecular flexibility index (Phi) is 6.27. The number of aromatic nitrogens is 2. The monoisotopic (exact) mass is 436 g/mol. The van der Waals surface area contributed by atoms with Crippen molar-refractivity contribution in [3.8, 4) is 16.3 Å². The molecule has 2 aromatic carbocycles. The maximum atomic E-state index is 12.2. The van der Waals surface area contributed by atoms with Gasteiger partial charge in [-0.2, -0.15) is 0 Å². The summed E-state index contributed by atoms with van der Waals surface area (Å²) in [7, 11) is 0. The first-order chi connectivity index (χ1) is 15.0. The third kappa shape index (κ3) is 5.67. The fourth-order valence-electron chi connectivity index (χ4n) is 2.96. The molecule has 2 amide bonds. The Morgan fingerprint density at radius 1 is 1.10 bits per heavy atom. The normalized spacial score (nSPS) is 13.1. The van der Waals surface area contributed by atoms with Crippen LogP contribution < -0.4 is 15.4 Å². The predicted octanol–water partition coefficient (Wildman–Crippen LogP) is 4.69. The molecule has 3 aromatic rings. The molecule has 7 nitrogen and oxygen atoms in total. The van der Waals surface area contributed by atoms with Crippen LogP contribution in [-0.4, -0.2) is 28.6 Å². The smallest absolute Gasteiger partial charge is 0.264 e. The molecule has 1 saturated carbocycles. The van der Waals surface area contributed by atoms with Gasteiger partial charge in [0.1, 0.15) is 10.8 Å². The summed E-state index contributed by atoms with van der Waals surface area (Å²) < 4.78 is 5.56. The van der Waals surface area contributed by atoms with Gasteiger partial charge in [0.05, 0.1) is 0 Å². The third-order valence-electron chi connectivity index (χ3n) is 4.92. The molecule has 160 valence electrons. The van der Waals surface area contributed by atoms with E-state index >= 15 is 0 Å². The van der Waals surface area contributed by atoms with Gasteiger partial charge in [0.15, 0.2) is 6.61 Å². The van der Waals surface area contributed by atoms with Crippen molar-refractivity contribution in [3.63, 3.8) is 0 Å². The molecule has 1 fully saturated rings. The zero-order chi connectivity index (χ0) is 21.8. The molecule has 0 atom stereocenters. The Morgan fingerprint density at radius 2 is 1.87 bits per heavy atom. The van der Waals surface area contributed by atoms with Crippen LogP contribution in [0.4, 0.5) is 10.8 Å². The zero-order valence-corrected chi connectivity index (χ0v) is 18.2. The van der Waals surface area contributed by atoms with E-state index in [9.17, 15) is 9.59 Å². The number of hydrogen-bond acceptors (Lipinski definition) is 6. The number of nitrogens with zero attached hydrogens (tertiary/aromatic N) is 2. The van der Waals surface area contributed by atoms with Gasteiger partial charge in [-0.3, -0.25) is 14.9 Å². The Morgan fingerprint density at radius 3 is 2.58 bits per heavy atom. The van der Waals surface area contributed by atoms with Crippen LogP contribution in [0.5, 0.6) is 5.75 Å². The van der Waals surface area contributed by atoms with Crippen LogP contribution in [0.25, 0.3) is 10.6 Å². The van der Waals surface area contributed by atoms with Crippen molar-refractivity contribution in [2.45, 2.75) is 32.6 Å². The second-order valence-electron chi connectivity index (χ2n) is 7.82. The van der Waals surface area contributed by atoms with E-state index in [4.69, 9.17) is 4.74 Å². The highest BCUT2D eigenvalue weighted by atomic mass is 32.1. The topological polar surface area (TPSA) is 93.2 Å². The van der Waals surface area contributed by atoms with Crippen molar-refractivity contribution in [2.75, 3.05) is 17.2 Å². The highest BCUT2D eigenvalue weighted by Crippen LogP contribution is 2.31. The molecule has 1 aliphatic rings. The quantitative estimate of drug-likeness (QED) is 0.534. The standard InChI is InChI=1S/C23H24N4O3S/c1-14(2)15-6-10-17(11-7-15)22-26-27-23(31-22)25-20(28)13-30-19-5-3-4-18(12-19)24-21(29)16-8-9-16/h3-7,10-12,14,16H,8-9,13H2,1-2H3,(H,24,29)(H,25,27,28). The number of rotatable bonds is 8. The van der Waals surface area contributed by atoms with Gasteiger partial charge in [0, 0.05) is 23.2 Å². The van der Waals surface area contributed by atoms with Crippen molar-refractivity contribution in [1.82, 2.24) is 10.2 Å². The van der Waals surface area contributed by atoms with Crippen molar-refractivity contribution in [2.24, 2.45) is 5.92 Å². The van der Waals surface area contributed by atoms with Crippen molar-refractivity contribution < 1.29 is 14.3 Å². The van der Waals surface area contributed by atoms with Crippen molar-refractivity contribution >= 4 is 34.0 Å². The van der Waals surface area contributed by atoms with Gasteiger partial charge in [-0.25, -0.2) is 0 Å². The van der Waals surface area contributed by atoms with Crippen LogP contribution in [0.2, 0.25) is 0 Å². The minimum Gasteiger partial charge on any atom is -0.484 e. The Balaban J connectivity index is 1.30. The van der Waals surface area contributed by atoms with E-state index in [1.54, 1.807) is 24.3 Å². The summed E-state index contributed by atoms with van der Waals surface area (Å²) in [5.74, 6) is 0.798. The number of hydrogen-bond donors (Lipinski definition) is 2. The number of benzene rings is 2. The Hall–Kier alpha value is -3.26. The highest BCUT2D eigenvalue weighted by molar-refractivity contribution is 7.18. The lowest BCUT2D eigenvalue weighted by molar-refractivity contribution is -0.118. The van der Waals surface area contributed by atoms with Gasteiger partial charge in [-0.15, -0.1) is 10.2 Å². The van der Waals surface area contributed by atoms with Crippen LogP contribution in [0.15, 0.2) is 48.5 Å². The van der Waals surface area contributed by atoms with Gasteiger partial charge in [0.2, 0.25) is 11.0 Å². The summed E-state index contributed by atoms with van der Waals surface area (Å²) in [6.07, 6.45) is 1.89. The molecule has 1 heterocycles. The fourth-order valence-corrected chi connectivity index (χ4v) is 3.72. The molecular formula is C23H24N4O3S. The van der Waals surface area contributed by atoms with Gasteiger partial charge in [-0.1, -0.05) is 55.5 Å². The number of ether oxygens (including phenoxy) is 1. The van der Waals surface area contributed by atoms with E-state index in [2.05, 4.69) is 46.8 Å². The van der Waals surface area contributed by atoms with Gasteiger partial charge in [-0.05, 0) is 36.5 Å². The van der Waals surface area contributed by atoms with Gasteiger partial charge < -0.3 is 10.1 Å². The van der Waals surface area contributed by atoms with Crippen LogP contribution in [0, 0.1) is 5.92 Å². The number of nitrogens with one attached hydrogen (secondary N) is 2. The highest BCUT2D eigenvalue weighted by Gasteiger charge is 2.29. The van der Waals surface area contributed by atoms with Crippen LogP contribution in [-0.2, 0) is 9.59 Å². The summed E-state index contributed by atoms with van der Waals surface area (Å²) in [6.45, 7) is 4.13. The van der Waals surface area contributed by atoms with E-state index in [0.29, 0.717) is 22.5 Å². The van der Waals surface area contributed by atoms with Gasteiger partial charge >= 0.3 is 0 Å². The minimum absolute atomic E-state index is 0.0285. The molecule has 31 heavy (non-hydrogen) atoms. The number of anilines is 2. The lowest BCUT2D eigenvalue weighted by Crippen LogP contribution is -2.20. The number of carbonyl (C=O) groups is 2. The molecule has 8 heteroatoms. The van der Waals surface area contributed by atoms with Gasteiger partial charge in [0.25, 0.3) is 5.91 Å². The second-order valence-corrected chi connectivity index (χ2v) is 8.79. The molecule has 2 N–H and O–H groups in total. The molecule has 0 spiro atoms. The lowest BCUT2D eigenvalue weighted by atomic mass is 10.0. The zero-order valence-electron chi connectivity index (χ0n) is 17.4. The fraction of sp³-hybridized carbons (Fsp3) is 0.304. The van der Waals surface area contributed by atoms with Crippen molar-refractivity contribution in [1.29, 1.82) is 0 Å².